The number of nitrogens with two attached hydrogens (primary N) is 1. The second-order valence-corrected chi connectivity index (χ2v) is 5.01. The molecule has 0 unspecified atom stereocenters. The Labute approximate surface area is 111 Å². The molecule has 1 amide bonds. The van der Waals surface area contributed by atoms with E-state index in [2.05, 4.69) is 21.2 Å². The van der Waals surface area contributed by atoms with E-state index in [-0.39, 0.29) is 11.9 Å². The number of amides is 1. The smallest absolute Gasteiger partial charge is 0.220 e. The van der Waals surface area contributed by atoms with Crippen LogP contribution in [0.5, 0.6) is 0 Å². The molecular weight excluding hydrogens is 280 g/mol. The summed E-state index contributed by atoms with van der Waals surface area (Å²) >= 11 is 3.42. The molecule has 0 saturated heterocycles. The fourth-order valence-electron chi connectivity index (χ4n) is 1.60. The Morgan fingerprint density at radius 2 is 2.24 bits per heavy atom. The van der Waals surface area contributed by atoms with Crippen LogP contribution in [0.15, 0.2) is 28.7 Å². The van der Waals surface area contributed by atoms with Gasteiger partial charge in [-0.05, 0) is 44.0 Å². The minimum Gasteiger partial charge on any atom is -0.350 e. The van der Waals surface area contributed by atoms with E-state index >= 15 is 0 Å². The highest BCUT2D eigenvalue weighted by molar-refractivity contribution is 9.10. The Hall–Kier alpha value is -0.870. The van der Waals surface area contributed by atoms with Crippen LogP contribution in [0.3, 0.4) is 0 Å². The monoisotopic (exact) mass is 298 g/mol. The van der Waals surface area contributed by atoms with Gasteiger partial charge in [-0.15, -0.1) is 0 Å². The SMILES string of the molecule is C[C@H](NC(=O)CCCCN)c1cccc(Br)c1. The van der Waals surface area contributed by atoms with Crippen molar-refractivity contribution in [1.29, 1.82) is 0 Å². The number of unbranched alkanes of at least 4 members (excludes halogenated alkanes) is 1. The molecular formula is C13H19BrN2O. The third-order valence-electron chi connectivity index (χ3n) is 2.58. The maximum absolute atomic E-state index is 11.6. The first-order chi connectivity index (χ1) is 8.13. The molecule has 0 heterocycles. The van der Waals surface area contributed by atoms with E-state index in [0.717, 1.165) is 22.9 Å². The third-order valence-corrected chi connectivity index (χ3v) is 3.08. The molecule has 1 rings (SSSR count). The van der Waals surface area contributed by atoms with Crippen molar-refractivity contribution in [3.8, 4) is 0 Å². The van der Waals surface area contributed by atoms with E-state index in [1.54, 1.807) is 0 Å². The number of nitrogens with one attached hydrogen (secondary N) is 1. The zero-order valence-electron chi connectivity index (χ0n) is 10.1. The molecule has 0 spiro atoms. The lowest BCUT2D eigenvalue weighted by Gasteiger charge is -2.14. The van der Waals surface area contributed by atoms with Crippen LogP contribution in [0.2, 0.25) is 0 Å². The number of hydrogen-bond acceptors (Lipinski definition) is 2. The van der Waals surface area contributed by atoms with Crippen LogP contribution >= 0.6 is 15.9 Å². The Morgan fingerprint density at radius 1 is 1.47 bits per heavy atom. The van der Waals surface area contributed by atoms with Gasteiger partial charge in [-0.2, -0.15) is 0 Å². The van der Waals surface area contributed by atoms with Crippen LogP contribution in [0, 0.1) is 0 Å². The van der Waals surface area contributed by atoms with Crippen LogP contribution in [-0.4, -0.2) is 12.5 Å². The van der Waals surface area contributed by atoms with E-state index in [1.807, 2.05) is 31.2 Å². The molecule has 3 N–H and O–H groups in total. The maximum atomic E-state index is 11.6. The van der Waals surface area contributed by atoms with Gasteiger partial charge in [0, 0.05) is 10.9 Å². The Kier molecular flexibility index (Phi) is 6.22. The summed E-state index contributed by atoms with van der Waals surface area (Å²) in [5.41, 5.74) is 6.49. The molecule has 0 aliphatic carbocycles. The number of carbonyl (C=O) groups is 1. The molecule has 0 saturated carbocycles. The standard InChI is InChI=1S/C13H19BrN2O/c1-10(11-5-4-6-12(14)9-11)16-13(17)7-2-3-8-15/h4-6,9-10H,2-3,7-8,15H2,1H3,(H,16,17)/t10-/m0/s1. The summed E-state index contributed by atoms with van der Waals surface area (Å²) in [6.45, 7) is 2.64. The lowest BCUT2D eigenvalue weighted by Crippen LogP contribution is -2.26. The van der Waals surface area contributed by atoms with Gasteiger partial charge in [-0.1, -0.05) is 28.1 Å². The maximum Gasteiger partial charge on any atom is 0.220 e. The van der Waals surface area contributed by atoms with Gasteiger partial charge >= 0.3 is 0 Å². The highest BCUT2D eigenvalue weighted by atomic mass is 79.9. The number of hydrogen-bond donors (Lipinski definition) is 2. The van der Waals surface area contributed by atoms with Gasteiger partial charge in [-0.25, -0.2) is 0 Å². The van der Waals surface area contributed by atoms with E-state index in [9.17, 15) is 4.79 Å². The van der Waals surface area contributed by atoms with Gasteiger partial charge in [0.1, 0.15) is 0 Å². The predicted octanol–water partition coefficient (Wildman–Crippen LogP) is 2.76. The van der Waals surface area contributed by atoms with Crippen molar-refractivity contribution in [3.05, 3.63) is 34.3 Å². The average molecular weight is 299 g/mol. The third kappa shape index (κ3) is 5.33. The van der Waals surface area contributed by atoms with Crippen molar-refractivity contribution in [2.45, 2.75) is 32.2 Å². The molecule has 3 nitrogen and oxygen atoms in total. The number of rotatable bonds is 6. The molecule has 94 valence electrons. The van der Waals surface area contributed by atoms with E-state index in [1.165, 1.54) is 0 Å². The summed E-state index contributed by atoms with van der Waals surface area (Å²) < 4.78 is 1.03. The van der Waals surface area contributed by atoms with Gasteiger partial charge in [0.15, 0.2) is 0 Å². The number of halogens is 1. The first kappa shape index (κ1) is 14.2. The Bertz CT molecular complexity index is 368. The summed E-state index contributed by atoms with van der Waals surface area (Å²) in [5, 5.41) is 2.98. The first-order valence-corrected chi connectivity index (χ1v) is 6.67. The molecule has 17 heavy (non-hydrogen) atoms. The molecule has 0 aliphatic rings. The van der Waals surface area contributed by atoms with Crippen molar-refractivity contribution in [2.75, 3.05) is 6.54 Å². The summed E-state index contributed by atoms with van der Waals surface area (Å²) in [6.07, 6.45) is 2.31. The minimum atomic E-state index is 0.0397. The van der Waals surface area contributed by atoms with E-state index in [0.29, 0.717) is 13.0 Å². The van der Waals surface area contributed by atoms with Crippen LogP contribution in [-0.2, 0) is 4.79 Å². The highest BCUT2D eigenvalue weighted by Crippen LogP contribution is 2.17. The molecule has 0 fully saturated rings. The fourth-order valence-corrected chi connectivity index (χ4v) is 2.02. The largest absolute Gasteiger partial charge is 0.350 e. The number of carbonyl (C=O) groups excluding carboxylic acids is 1. The van der Waals surface area contributed by atoms with E-state index < -0.39 is 0 Å². The Morgan fingerprint density at radius 3 is 2.88 bits per heavy atom. The zero-order valence-corrected chi connectivity index (χ0v) is 11.7. The molecule has 0 bridgehead atoms. The molecule has 0 aliphatic heterocycles. The molecule has 4 heteroatoms. The summed E-state index contributed by atoms with van der Waals surface area (Å²) in [4.78, 5) is 11.6. The van der Waals surface area contributed by atoms with Gasteiger partial charge in [0.2, 0.25) is 5.91 Å². The summed E-state index contributed by atoms with van der Waals surface area (Å²) in [5.74, 6) is 0.0888. The van der Waals surface area contributed by atoms with Crippen LogP contribution in [0.4, 0.5) is 0 Å². The second kappa shape index (κ2) is 7.45. The lowest BCUT2D eigenvalue weighted by molar-refractivity contribution is -0.121. The summed E-state index contributed by atoms with van der Waals surface area (Å²) in [6, 6.07) is 8.01. The Balaban J connectivity index is 2.43. The van der Waals surface area contributed by atoms with Crippen molar-refractivity contribution in [1.82, 2.24) is 5.32 Å². The van der Waals surface area contributed by atoms with Crippen molar-refractivity contribution >= 4 is 21.8 Å². The van der Waals surface area contributed by atoms with Crippen LogP contribution < -0.4 is 11.1 Å². The van der Waals surface area contributed by atoms with Crippen molar-refractivity contribution < 1.29 is 4.79 Å². The molecule has 0 aromatic heterocycles. The van der Waals surface area contributed by atoms with Crippen LogP contribution in [0.25, 0.3) is 0 Å². The van der Waals surface area contributed by atoms with Crippen LogP contribution in [0.1, 0.15) is 37.8 Å². The molecule has 1 aromatic carbocycles. The van der Waals surface area contributed by atoms with Gasteiger partial charge < -0.3 is 11.1 Å². The fraction of sp³-hybridized carbons (Fsp3) is 0.462. The van der Waals surface area contributed by atoms with Crippen molar-refractivity contribution in [2.24, 2.45) is 5.73 Å². The average Bonchev–Trinajstić information content (AvgIpc) is 2.29. The van der Waals surface area contributed by atoms with Crippen molar-refractivity contribution in [3.63, 3.8) is 0 Å². The lowest BCUT2D eigenvalue weighted by atomic mass is 10.1. The first-order valence-electron chi connectivity index (χ1n) is 5.88. The molecule has 0 radical (unpaired) electrons. The van der Waals surface area contributed by atoms with E-state index in [4.69, 9.17) is 5.73 Å². The summed E-state index contributed by atoms with van der Waals surface area (Å²) in [7, 11) is 0. The normalized spacial score (nSPS) is 12.2. The number of benzene rings is 1. The highest BCUT2D eigenvalue weighted by Gasteiger charge is 2.09. The predicted molar refractivity (Wildman–Crippen MR) is 73.6 cm³/mol. The topological polar surface area (TPSA) is 55.1 Å². The minimum absolute atomic E-state index is 0.0397. The zero-order chi connectivity index (χ0) is 12.7. The molecule has 1 atom stereocenters. The van der Waals surface area contributed by atoms with Gasteiger partial charge in [-0.3, -0.25) is 4.79 Å². The quantitative estimate of drug-likeness (QED) is 0.794. The second-order valence-electron chi connectivity index (χ2n) is 4.09. The van der Waals surface area contributed by atoms with Gasteiger partial charge in [0.05, 0.1) is 6.04 Å². The molecule has 1 aromatic rings. The van der Waals surface area contributed by atoms with Gasteiger partial charge in [0.25, 0.3) is 0 Å².